The zero-order chi connectivity index (χ0) is 15.4. The predicted octanol–water partition coefficient (Wildman–Crippen LogP) is 3.41. The lowest BCUT2D eigenvalue weighted by molar-refractivity contribution is 0.393. The number of rotatable bonds is 5. The summed E-state index contributed by atoms with van der Waals surface area (Å²) in [5, 5.41) is 0.600. The van der Waals surface area contributed by atoms with Crippen LogP contribution in [-0.4, -0.2) is 21.3 Å². The lowest BCUT2D eigenvalue weighted by Crippen LogP contribution is -2.14. The van der Waals surface area contributed by atoms with Gasteiger partial charge in [0, 0.05) is 16.1 Å². The van der Waals surface area contributed by atoms with E-state index >= 15 is 0 Å². The number of methoxy groups -OCH3 is 3. The monoisotopic (exact) mass is 307 g/mol. The fourth-order valence-corrected chi connectivity index (χ4v) is 2.38. The highest BCUT2D eigenvalue weighted by Crippen LogP contribution is 2.36. The van der Waals surface area contributed by atoms with Gasteiger partial charge in [-0.3, -0.25) is 0 Å². The molecule has 5 heteroatoms. The molecule has 0 fully saturated rings. The largest absolute Gasteiger partial charge is 0.497 e. The van der Waals surface area contributed by atoms with Gasteiger partial charge in [-0.15, -0.1) is 0 Å². The molecule has 0 aromatic heterocycles. The van der Waals surface area contributed by atoms with Crippen LogP contribution in [0.25, 0.3) is 0 Å². The lowest BCUT2D eigenvalue weighted by atomic mass is 9.97. The van der Waals surface area contributed by atoms with Crippen LogP contribution < -0.4 is 19.9 Å². The molecule has 112 valence electrons. The molecule has 0 saturated heterocycles. The number of hydrogen-bond donors (Lipinski definition) is 1. The average molecular weight is 308 g/mol. The zero-order valence-corrected chi connectivity index (χ0v) is 13.0. The van der Waals surface area contributed by atoms with Crippen LogP contribution in [0, 0.1) is 0 Å². The predicted molar refractivity (Wildman–Crippen MR) is 83.6 cm³/mol. The Morgan fingerprint density at radius 2 is 1.43 bits per heavy atom. The molecule has 2 rings (SSSR count). The second-order valence-electron chi connectivity index (χ2n) is 4.47. The number of ether oxygens (including phenoxy) is 3. The second-order valence-corrected chi connectivity index (χ2v) is 4.91. The normalized spacial score (nSPS) is 11.9. The number of halogens is 1. The molecule has 2 aromatic rings. The van der Waals surface area contributed by atoms with Gasteiger partial charge in [-0.1, -0.05) is 11.6 Å². The van der Waals surface area contributed by atoms with E-state index in [9.17, 15) is 0 Å². The minimum Gasteiger partial charge on any atom is -0.497 e. The first-order chi connectivity index (χ1) is 10.1. The molecule has 2 aromatic carbocycles. The summed E-state index contributed by atoms with van der Waals surface area (Å²) in [7, 11) is 4.81. The molecule has 1 unspecified atom stereocenters. The van der Waals surface area contributed by atoms with E-state index in [1.807, 2.05) is 18.2 Å². The highest BCUT2D eigenvalue weighted by atomic mass is 35.5. The SMILES string of the molecule is COc1ccc(OC)c(C(N)c2cc(Cl)ccc2OC)c1. The quantitative estimate of drug-likeness (QED) is 0.919. The van der Waals surface area contributed by atoms with Gasteiger partial charge in [-0.05, 0) is 36.4 Å². The van der Waals surface area contributed by atoms with Crippen molar-refractivity contribution in [1.29, 1.82) is 0 Å². The van der Waals surface area contributed by atoms with E-state index in [0.29, 0.717) is 22.3 Å². The molecule has 0 heterocycles. The summed E-state index contributed by atoms with van der Waals surface area (Å²) in [6.45, 7) is 0. The van der Waals surface area contributed by atoms with Crippen LogP contribution in [0.3, 0.4) is 0 Å². The van der Waals surface area contributed by atoms with Crippen molar-refractivity contribution in [2.75, 3.05) is 21.3 Å². The van der Waals surface area contributed by atoms with E-state index in [-0.39, 0.29) is 0 Å². The highest BCUT2D eigenvalue weighted by molar-refractivity contribution is 6.30. The van der Waals surface area contributed by atoms with Crippen LogP contribution in [0.1, 0.15) is 17.2 Å². The Labute approximate surface area is 129 Å². The first-order valence-electron chi connectivity index (χ1n) is 6.41. The molecular formula is C16H18ClNO3. The molecule has 0 radical (unpaired) electrons. The van der Waals surface area contributed by atoms with E-state index in [2.05, 4.69) is 0 Å². The third-order valence-corrected chi connectivity index (χ3v) is 3.53. The van der Waals surface area contributed by atoms with Gasteiger partial charge in [0.1, 0.15) is 17.2 Å². The summed E-state index contributed by atoms with van der Waals surface area (Å²) in [6, 6.07) is 10.4. The lowest BCUT2D eigenvalue weighted by Gasteiger charge is -2.19. The van der Waals surface area contributed by atoms with E-state index in [4.69, 9.17) is 31.5 Å². The Hall–Kier alpha value is -1.91. The van der Waals surface area contributed by atoms with Crippen LogP contribution >= 0.6 is 11.6 Å². The van der Waals surface area contributed by atoms with Gasteiger partial charge >= 0.3 is 0 Å². The number of nitrogens with two attached hydrogens (primary N) is 1. The van der Waals surface area contributed by atoms with Crippen molar-refractivity contribution in [2.45, 2.75) is 6.04 Å². The first kappa shape index (κ1) is 15.5. The van der Waals surface area contributed by atoms with E-state index in [1.54, 1.807) is 39.5 Å². The maximum atomic E-state index is 6.39. The summed E-state index contributed by atoms with van der Waals surface area (Å²) in [5.74, 6) is 2.07. The summed E-state index contributed by atoms with van der Waals surface area (Å²) in [4.78, 5) is 0. The summed E-state index contributed by atoms with van der Waals surface area (Å²) in [6.07, 6.45) is 0. The molecule has 2 N–H and O–H groups in total. The Morgan fingerprint density at radius 3 is 2.00 bits per heavy atom. The smallest absolute Gasteiger partial charge is 0.124 e. The average Bonchev–Trinajstić information content (AvgIpc) is 2.53. The van der Waals surface area contributed by atoms with Gasteiger partial charge in [0.05, 0.1) is 27.4 Å². The van der Waals surface area contributed by atoms with Crippen molar-refractivity contribution < 1.29 is 14.2 Å². The van der Waals surface area contributed by atoms with Gasteiger partial charge in [-0.2, -0.15) is 0 Å². The van der Waals surface area contributed by atoms with Gasteiger partial charge < -0.3 is 19.9 Å². The van der Waals surface area contributed by atoms with Gasteiger partial charge in [0.2, 0.25) is 0 Å². The fraction of sp³-hybridized carbons (Fsp3) is 0.250. The van der Waals surface area contributed by atoms with Crippen LogP contribution in [0.15, 0.2) is 36.4 Å². The second kappa shape index (κ2) is 6.70. The molecule has 1 atom stereocenters. The van der Waals surface area contributed by atoms with Crippen molar-refractivity contribution in [1.82, 2.24) is 0 Å². The van der Waals surface area contributed by atoms with E-state index < -0.39 is 6.04 Å². The summed E-state index contributed by atoms with van der Waals surface area (Å²) < 4.78 is 16.0. The van der Waals surface area contributed by atoms with Crippen molar-refractivity contribution in [3.63, 3.8) is 0 Å². The molecule has 0 saturated carbocycles. The standard InChI is InChI=1S/C16H18ClNO3/c1-19-11-5-7-15(21-3)13(9-11)16(18)12-8-10(17)4-6-14(12)20-2/h4-9,16H,18H2,1-3H3. The summed E-state index contributed by atoms with van der Waals surface area (Å²) in [5.41, 5.74) is 7.98. The highest BCUT2D eigenvalue weighted by Gasteiger charge is 2.19. The van der Waals surface area contributed by atoms with Crippen molar-refractivity contribution >= 4 is 11.6 Å². The summed E-state index contributed by atoms with van der Waals surface area (Å²) >= 11 is 6.07. The zero-order valence-electron chi connectivity index (χ0n) is 12.2. The van der Waals surface area contributed by atoms with Crippen molar-refractivity contribution in [2.24, 2.45) is 5.73 Å². The molecule has 0 aliphatic carbocycles. The van der Waals surface area contributed by atoms with Crippen LogP contribution in [-0.2, 0) is 0 Å². The maximum absolute atomic E-state index is 6.39. The minimum atomic E-state index is -0.441. The Bertz CT molecular complexity index is 631. The first-order valence-corrected chi connectivity index (χ1v) is 6.79. The van der Waals surface area contributed by atoms with Gasteiger partial charge in [0.25, 0.3) is 0 Å². The van der Waals surface area contributed by atoms with Crippen LogP contribution in [0.2, 0.25) is 5.02 Å². The molecule has 0 aliphatic heterocycles. The van der Waals surface area contributed by atoms with Crippen LogP contribution in [0.4, 0.5) is 0 Å². The minimum absolute atomic E-state index is 0.441. The Kier molecular flexibility index (Phi) is 4.94. The Morgan fingerprint density at radius 1 is 0.857 bits per heavy atom. The molecule has 0 spiro atoms. The number of hydrogen-bond acceptors (Lipinski definition) is 4. The molecule has 0 aliphatic rings. The van der Waals surface area contributed by atoms with E-state index in [1.165, 1.54) is 0 Å². The Balaban J connectivity index is 2.53. The van der Waals surface area contributed by atoms with E-state index in [0.717, 1.165) is 11.1 Å². The molecule has 21 heavy (non-hydrogen) atoms. The number of benzene rings is 2. The van der Waals surface area contributed by atoms with Gasteiger partial charge in [-0.25, -0.2) is 0 Å². The fourth-order valence-electron chi connectivity index (χ4n) is 2.20. The molecule has 4 nitrogen and oxygen atoms in total. The molecule has 0 amide bonds. The third-order valence-electron chi connectivity index (χ3n) is 3.30. The molecule has 0 bridgehead atoms. The van der Waals surface area contributed by atoms with Crippen LogP contribution in [0.5, 0.6) is 17.2 Å². The van der Waals surface area contributed by atoms with Gasteiger partial charge in [0.15, 0.2) is 0 Å². The molecular weight excluding hydrogens is 290 g/mol. The third kappa shape index (κ3) is 3.23. The van der Waals surface area contributed by atoms with Crippen molar-refractivity contribution in [3.8, 4) is 17.2 Å². The van der Waals surface area contributed by atoms with Crippen molar-refractivity contribution in [3.05, 3.63) is 52.5 Å². The maximum Gasteiger partial charge on any atom is 0.124 e. The topological polar surface area (TPSA) is 53.7 Å².